The molecule has 1 aliphatic heterocycles. The predicted molar refractivity (Wildman–Crippen MR) is 78.1 cm³/mol. The number of H-pyrrole nitrogens is 1. The fourth-order valence-electron chi connectivity index (χ4n) is 2.40. The normalized spacial score (nSPS) is 16.2. The van der Waals surface area contributed by atoms with Gasteiger partial charge in [-0.05, 0) is 25.2 Å². The van der Waals surface area contributed by atoms with Crippen molar-refractivity contribution >= 4 is 11.5 Å². The van der Waals surface area contributed by atoms with Crippen molar-refractivity contribution in [3.05, 3.63) is 20.8 Å². The minimum absolute atomic E-state index is 0.215. The van der Waals surface area contributed by atoms with Crippen LogP contribution in [0.2, 0.25) is 0 Å². The van der Waals surface area contributed by atoms with Gasteiger partial charge in [0.2, 0.25) is 0 Å². The summed E-state index contributed by atoms with van der Waals surface area (Å²) in [5.41, 5.74) is 5.33. The lowest BCUT2D eigenvalue weighted by Gasteiger charge is -2.23. The van der Waals surface area contributed by atoms with Gasteiger partial charge in [0.15, 0.2) is 0 Å². The standard InChI is InChI=1S/C13H22N4O3/c1-2-5-17-11(14)10(12(18)16-13(17)19)15-8-9-3-6-20-7-4-9/h9,15H,2-8,14H2,1H3,(H,16,18,19). The molecule has 1 aromatic rings. The van der Waals surface area contributed by atoms with Gasteiger partial charge < -0.3 is 15.8 Å². The quantitative estimate of drug-likeness (QED) is 0.724. The number of hydrogen-bond acceptors (Lipinski definition) is 5. The number of nitrogens with zero attached hydrogens (tertiary/aromatic N) is 1. The number of ether oxygens (including phenoxy) is 1. The lowest BCUT2D eigenvalue weighted by molar-refractivity contribution is 0.0699. The molecule has 0 atom stereocenters. The highest BCUT2D eigenvalue weighted by Crippen LogP contribution is 2.17. The van der Waals surface area contributed by atoms with E-state index in [0.29, 0.717) is 24.7 Å². The van der Waals surface area contributed by atoms with E-state index in [2.05, 4.69) is 10.3 Å². The van der Waals surface area contributed by atoms with Crippen LogP contribution >= 0.6 is 0 Å². The largest absolute Gasteiger partial charge is 0.383 e. The lowest BCUT2D eigenvalue weighted by atomic mass is 10.0. The maximum absolute atomic E-state index is 11.9. The minimum Gasteiger partial charge on any atom is -0.383 e. The van der Waals surface area contributed by atoms with E-state index in [1.165, 1.54) is 4.57 Å². The third-order valence-electron chi connectivity index (χ3n) is 3.60. The van der Waals surface area contributed by atoms with Gasteiger partial charge in [-0.15, -0.1) is 0 Å². The molecule has 4 N–H and O–H groups in total. The maximum atomic E-state index is 11.9. The van der Waals surface area contributed by atoms with E-state index in [-0.39, 0.29) is 5.82 Å². The molecule has 2 heterocycles. The van der Waals surface area contributed by atoms with Crippen LogP contribution in [0.15, 0.2) is 9.59 Å². The van der Waals surface area contributed by atoms with Gasteiger partial charge in [-0.3, -0.25) is 14.3 Å². The molecule has 0 radical (unpaired) electrons. The highest BCUT2D eigenvalue weighted by atomic mass is 16.5. The second-order valence-corrected chi connectivity index (χ2v) is 5.11. The first-order chi connectivity index (χ1) is 9.63. The molecule has 0 bridgehead atoms. The topological polar surface area (TPSA) is 102 Å². The summed E-state index contributed by atoms with van der Waals surface area (Å²) in [5.74, 6) is 0.682. The molecule has 20 heavy (non-hydrogen) atoms. The molecular formula is C13H22N4O3. The Kier molecular flexibility index (Phi) is 4.84. The van der Waals surface area contributed by atoms with Crippen molar-refractivity contribution in [2.24, 2.45) is 5.92 Å². The number of nitrogens with two attached hydrogens (primary N) is 1. The van der Waals surface area contributed by atoms with Gasteiger partial charge in [-0.1, -0.05) is 6.92 Å². The van der Waals surface area contributed by atoms with Crippen molar-refractivity contribution < 1.29 is 4.74 Å². The summed E-state index contributed by atoms with van der Waals surface area (Å²) in [6, 6.07) is 0. The van der Waals surface area contributed by atoms with Gasteiger partial charge in [-0.2, -0.15) is 0 Å². The zero-order chi connectivity index (χ0) is 14.5. The van der Waals surface area contributed by atoms with E-state index in [1.807, 2.05) is 6.92 Å². The smallest absolute Gasteiger partial charge is 0.330 e. The number of nitrogens with one attached hydrogen (secondary N) is 2. The van der Waals surface area contributed by atoms with Crippen LogP contribution in [0.5, 0.6) is 0 Å². The molecule has 7 heteroatoms. The summed E-state index contributed by atoms with van der Waals surface area (Å²) in [7, 11) is 0. The van der Waals surface area contributed by atoms with Gasteiger partial charge in [0.25, 0.3) is 5.56 Å². The number of rotatable bonds is 5. The van der Waals surface area contributed by atoms with Crippen molar-refractivity contribution in [1.82, 2.24) is 9.55 Å². The van der Waals surface area contributed by atoms with E-state index < -0.39 is 11.2 Å². The molecule has 0 spiro atoms. The van der Waals surface area contributed by atoms with E-state index in [0.717, 1.165) is 32.5 Å². The first-order valence-corrected chi connectivity index (χ1v) is 7.07. The van der Waals surface area contributed by atoms with Crippen molar-refractivity contribution in [2.45, 2.75) is 32.7 Å². The summed E-state index contributed by atoms with van der Waals surface area (Å²) in [6.07, 6.45) is 2.72. The van der Waals surface area contributed by atoms with Crippen LogP contribution in [-0.2, 0) is 11.3 Å². The molecular weight excluding hydrogens is 260 g/mol. The lowest BCUT2D eigenvalue weighted by Crippen LogP contribution is -2.35. The molecule has 1 aromatic heterocycles. The molecule has 1 aliphatic rings. The van der Waals surface area contributed by atoms with E-state index in [4.69, 9.17) is 10.5 Å². The summed E-state index contributed by atoms with van der Waals surface area (Å²) in [6.45, 7) is 4.63. The second-order valence-electron chi connectivity index (χ2n) is 5.11. The summed E-state index contributed by atoms with van der Waals surface area (Å²) in [5, 5.41) is 3.09. The highest BCUT2D eigenvalue weighted by molar-refractivity contribution is 5.60. The van der Waals surface area contributed by atoms with E-state index in [9.17, 15) is 9.59 Å². The molecule has 2 rings (SSSR count). The zero-order valence-corrected chi connectivity index (χ0v) is 11.8. The van der Waals surface area contributed by atoms with Gasteiger partial charge in [0.05, 0.1) is 0 Å². The Hall–Kier alpha value is -1.76. The minimum atomic E-state index is -0.453. The van der Waals surface area contributed by atoms with E-state index in [1.54, 1.807) is 0 Å². The van der Waals surface area contributed by atoms with Crippen LogP contribution in [-0.4, -0.2) is 29.3 Å². The number of aromatic nitrogens is 2. The first-order valence-electron chi connectivity index (χ1n) is 7.07. The van der Waals surface area contributed by atoms with Crippen LogP contribution in [0.1, 0.15) is 26.2 Å². The third-order valence-corrected chi connectivity index (χ3v) is 3.60. The molecule has 0 amide bonds. The fraction of sp³-hybridized carbons (Fsp3) is 0.692. The molecule has 1 saturated heterocycles. The Morgan fingerprint density at radius 1 is 1.40 bits per heavy atom. The van der Waals surface area contributed by atoms with Crippen molar-refractivity contribution in [2.75, 3.05) is 30.8 Å². The van der Waals surface area contributed by atoms with Crippen molar-refractivity contribution in [3.63, 3.8) is 0 Å². The first kappa shape index (κ1) is 14.6. The van der Waals surface area contributed by atoms with Crippen molar-refractivity contribution in [1.29, 1.82) is 0 Å². The molecule has 0 aromatic carbocycles. The van der Waals surface area contributed by atoms with Crippen LogP contribution < -0.4 is 22.3 Å². The molecule has 7 nitrogen and oxygen atoms in total. The molecule has 112 valence electrons. The Balaban J connectivity index is 2.16. The Bertz CT molecular complexity index is 558. The Labute approximate surface area is 117 Å². The number of hydrogen-bond donors (Lipinski definition) is 3. The highest BCUT2D eigenvalue weighted by Gasteiger charge is 2.16. The average Bonchev–Trinajstić information content (AvgIpc) is 2.44. The number of nitrogen functional groups attached to an aromatic ring is 1. The predicted octanol–water partition coefficient (Wildman–Crippen LogP) is 0.367. The Morgan fingerprint density at radius 2 is 2.10 bits per heavy atom. The third kappa shape index (κ3) is 3.22. The van der Waals surface area contributed by atoms with Gasteiger partial charge >= 0.3 is 5.69 Å². The Morgan fingerprint density at radius 3 is 2.75 bits per heavy atom. The molecule has 0 saturated carbocycles. The van der Waals surface area contributed by atoms with E-state index >= 15 is 0 Å². The summed E-state index contributed by atoms with van der Waals surface area (Å²) in [4.78, 5) is 25.9. The monoisotopic (exact) mass is 282 g/mol. The fourth-order valence-corrected chi connectivity index (χ4v) is 2.40. The average molecular weight is 282 g/mol. The summed E-state index contributed by atoms with van der Waals surface area (Å²) >= 11 is 0. The van der Waals surface area contributed by atoms with Crippen LogP contribution in [0, 0.1) is 5.92 Å². The van der Waals surface area contributed by atoms with Gasteiger partial charge in [0, 0.05) is 26.3 Å². The second kappa shape index (κ2) is 6.60. The number of aromatic amines is 1. The van der Waals surface area contributed by atoms with Crippen molar-refractivity contribution in [3.8, 4) is 0 Å². The van der Waals surface area contributed by atoms with Gasteiger partial charge in [-0.25, -0.2) is 4.79 Å². The van der Waals surface area contributed by atoms with Crippen LogP contribution in [0.25, 0.3) is 0 Å². The van der Waals surface area contributed by atoms with Crippen LogP contribution in [0.4, 0.5) is 11.5 Å². The SMILES string of the molecule is CCCn1c(N)c(NCC2CCOCC2)c(=O)[nH]c1=O. The molecule has 0 aliphatic carbocycles. The maximum Gasteiger partial charge on any atom is 0.330 e. The summed E-state index contributed by atoms with van der Waals surface area (Å²) < 4.78 is 6.70. The number of anilines is 2. The van der Waals surface area contributed by atoms with Gasteiger partial charge in [0.1, 0.15) is 11.5 Å². The van der Waals surface area contributed by atoms with Crippen LogP contribution in [0.3, 0.4) is 0 Å². The molecule has 0 unspecified atom stereocenters. The molecule has 1 fully saturated rings. The zero-order valence-electron chi connectivity index (χ0n) is 11.8.